The molecule has 1 fully saturated rings. The fourth-order valence-electron chi connectivity index (χ4n) is 1.93. The van der Waals surface area contributed by atoms with Crippen molar-refractivity contribution in [3.05, 3.63) is 11.1 Å². The number of hydrogen-bond acceptors (Lipinski definition) is 7. The van der Waals surface area contributed by atoms with E-state index in [0.29, 0.717) is 11.6 Å². The van der Waals surface area contributed by atoms with E-state index in [1.807, 2.05) is 0 Å². The van der Waals surface area contributed by atoms with Gasteiger partial charge in [0.1, 0.15) is 6.04 Å². The molecule has 1 aromatic rings. The van der Waals surface area contributed by atoms with Crippen LogP contribution in [-0.4, -0.2) is 42.0 Å². The number of carboxylic acid groups (broad SMARTS) is 1. The fourth-order valence-corrected chi connectivity index (χ4v) is 4.39. The first-order valence-corrected chi connectivity index (χ1v) is 8.48. The Balaban J connectivity index is 2.02. The van der Waals surface area contributed by atoms with Gasteiger partial charge in [0, 0.05) is 11.4 Å². The number of hydrogen-bond donors (Lipinski definition) is 3. The van der Waals surface area contributed by atoms with Crippen molar-refractivity contribution >= 4 is 32.3 Å². The number of nitrogens with two attached hydrogens (primary N) is 1. The van der Waals surface area contributed by atoms with E-state index < -0.39 is 21.8 Å². The Labute approximate surface area is 114 Å². The van der Waals surface area contributed by atoms with Crippen molar-refractivity contribution in [3.8, 4) is 0 Å². The summed E-state index contributed by atoms with van der Waals surface area (Å²) in [5.41, 5.74) is 5.72. The van der Waals surface area contributed by atoms with Crippen LogP contribution in [-0.2, 0) is 14.6 Å². The maximum absolute atomic E-state index is 11.5. The average molecular weight is 305 g/mol. The largest absolute Gasteiger partial charge is 0.480 e. The van der Waals surface area contributed by atoms with Gasteiger partial charge in [-0.25, -0.2) is 13.4 Å². The van der Waals surface area contributed by atoms with E-state index in [0.717, 1.165) is 6.42 Å². The van der Waals surface area contributed by atoms with Crippen molar-refractivity contribution < 1.29 is 18.3 Å². The minimum atomic E-state index is -2.98. The number of anilines is 1. The first-order valence-electron chi connectivity index (χ1n) is 5.78. The molecular weight excluding hydrogens is 290 g/mol. The Morgan fingerprint density at radius 3 is 3.00 bits per heavy atom. The summed E-state index contributed by atoms with van der Waals surface area (Å²) >= 11 is 1.23. The molecule has 19 heavy (non-hydrogen) atoms. The SMILES string of the molecule is NC(C(=O)O)c1csc(NC2CCCS(=O)(=O)C2)n1. The van der Waals surface area contributed by atoms with E-state index in [2.05, 4.69) is 10.3 Å². The van der Waals surface area contributed by atoms with E-state index in [4.69, 9.17) is 10.8 Å². The van der Waals surface area contributed by atoms with Gasteiger partial charge in [-0.1, -0.05) is 0 Å². The Hall–Kier alpha value is -1.19. The van der Waals surface area contributed by atoms with Gasteiger partial charge in [-0.3, -0.25) is 4.79 Å². The van der Waals surface area contributed by atoms with Crippen LogP contribution in [0.15, 0.2) is 5.38 Å². The van der Waals surface area contributed by atoms with Crippen molar-refractivity contribution in [1.29, 1.82) is 0 Å². The Kier molecular flexibility index (Phi) is 4.07. The summed E-state index contributed by atoms with van der Waals surface area (Å²) in [5, 5.41) is 13.9. The van der Waals surface area contributed by atoms with E-state index in [9.17, 15) is 13.2 Å². The molecule has 2 rings (SSSR count). The van der Waals surface area contributed by atoms with Gasteiger partial charge in [0.2, 0.25) is 0 Å². The highest BCUT2D eigenvalue weighted by Crippen LogP contribution is 2.23. The average Bonchev–Trinajstić information content (AvgIpc) is 2.75. The van der Waals surface area contributed by atoms with Gasteiger partial charge in [0.05, 0.1) is 17.2 Å². The van der Waals surface area contributed by atoms with Crippen LogP contribution in [0.1, 0.15) is 24.6 Å². The highest BCUT2D eigenvalue weighted by atomic mass is 32.2. The van der Waals surface area contributed by atoms with Crippen molar-refractivity contribution in [2.75, 3.05) is 16.8 Å². The van der Waals surface area contributed by atoms with E-state index in [1.165, 1.54) is 11.3 Å². The molecule has 1 aliphatic heterocycles. The van der Waals surface area contributed by atoms with Crippen LogP contribution < -0.4 is 11.1 Å². The molecule has 9 heteroatoms. The number of carbonyl (C=O) groups is 1. The van der Waals surface area contributed by atoms with Crippen LogP contribution >= 0.6 is 11.3 Å². The minimum absolute atomic E-state index is 0.0902. The zero-order chi connectivity index (χ0) is 14.0. The number of rotatable bonds is 4. The van der Waals surface area contributed by atoms with Crippen LogP contribution in [0.4, 0.5) is 5.13 Å². The molecule has 1 aromatic heterocycles. The molecule has 0 aliphatic carbocycles. The topological polar surface area (TPSA) is 122 Å². The molecule has 0 bridgehead atoms. The lowest BCUT2D eigenvalue weighted by atomic mass is 10.2. The first-order chi connectivity index (χ1) is 8.87. The van der Waals surface area contributed by atoms with Crippen LogP contribution in [0.25, 0.3) is 0 Å². The number of thiazole rings is 1. The van der Waals surface area contributed by atoms with Gasteiger partial charge in [0.25, 0.3) is 0 Å². The lowest BCUT2D eigenvalue weighted by molar-refractivity contribution is -0.138. The zero-order valence-corrected chi connectivity index (χ0v) is 11.7. The lowest BCUT2D eigenvalue weighted by Gasteiger charge is -2.22. The maximum Gasteiger partial charge on any atom is 0.326 e. The second kappa shape index (κ2) is 5.43. The summed E-state index contributed by atoms with van der Waals surface area (Å²) < 4.78 is 23.0. The van der Waals surface area contributed by atoms with E-state index in [1.54, 1.807) is 5.38 Å². The third kappa shape index (κ3) is 3.64. The summed E-state index contributed by atoms with van der Waals surface area (Å²) in [6, 6.07) is -1.32. The van der Waals surface area contributed by atoms with Crippen LogP contribution in [0.2, 0.25) is 0 Å². The Morgan fingerprint density at radius 2 is 2.37 bits per heavy atom. The molecule has 0 amide bonds. The number of sulfone groups is 1. The van der Waals surface area contributed by atoms with Gasteiger partial charge in [-0.05, 0) is 12.8 Å². The minimum Gasteiger partial charge on any atom is -0.480 e. The van der Waals surface area contributed by atoms with Crippen LogP contribution in [0.3, 0.4) is 0 Å². The van der Waals surface area contributed by atoms with Crippen molar-refractivity contribution in [3.63, 3.8) is 0 Å². The van der Waals surface area contributed by atoms with Gasteiger partial charge in [-0.15, -0.1) is 11.3 Å². The number of carboxylic acids is 1. The normalized spacial score (nSPS) is 23.7. The number of aromatic nitrogens is 1. The predicted molar refractivity (Wildman–Crippen MR) is 72.0 cm³/mol. The van der Waals surface area contributed by atoms with Crippen LogP contribution in [0, 0.1) is 0 Å². The second-order valence-electron chi connectivity index (χ2n) is 4.49. The first kappa shape index (κ1) is 14.2. The molecule has 0 spiro atoms. The molecule has 1 aliphatic rings. The molecule has 2 unspecified atom stereocenters. The second-order valence-corrected chi connectivity index (χ2v) is 7.58. The molecule has 106 valence electrons. The van der Waals surface area contributed by atoms with E-state index in [-0.39, 0.29) is 23.2 Å². The summed E-state index contributed by atoms with van der Waals surface area (Å²) in [4.78, 5) is 14.8. The molecule has 1 saturated heterocycles. The molecular formula is C10H15N3O4S2. The Morgan fingerprint density at radius 1 is 1.63 bits per heavy atom. The zero-order valence-electron chi connectivity index (χ0n) is 10.1. The highest BCUT2D eigenvalue weighted by Gasteiger charge is 2.25. The summed E-state index contributed by atoms with van der Waals surface area (Å²) in [6.45, 7) is 0. The van der Waals surface area contributed by atoms with Gasteiger partial charge in [0.15, 0.2) is 15.0 Å². The summed E-state index contributed by atoms with van der Waals surface area (Å²) in [7, 11) is -2.98. The Bertz CT molecular complexity index is 569. The van der Waals surface area contributed by atoms with Crippen molar-refractivity contribution in [2.24, 2.45) is 5.73 Å². The molecule has 0 aromatic carbocycles. The van der Waals surface area contributed by atoms with Crippen molar-refractivity contribution in [1.82, 2.24) is 4.98 Å². The maximum atomic E-state index is 11.5. The number of aliphatic carboxylic acids is 1. The van der Waals surface area contributed by atoms with Crippen LogP contribution in [0.5, 0.6) is 0 Å². The van der Waals surface area contributed by atoms with Gasteiger partial charge >= 0.3 is 5.97 Å². The molecule has 4 N–H and O–H groups in total. The van der Waals surface area contributed by atoms with E-state index >= 15 is 0 Å². The number of nitrogens with zero attached hydrogens (tertiary/aromatic N) is 1. The number of nitrogens with one attached hydrogen (secondary N) is 1. The quantitative estimate of drug-likeness (QED) is 0.727. The molecule has 0 saturated carbocycles. The summed E-state index contributed by atoms with van der Waals surface area (Å²) in [6.07, 6.45) is 1.39. The predicted octanol–water partition coefficient (Wildman–Crippen LogP) is 0.217. The highest BCUT2D eigenvalue weighted by molar-refractivity contribution is 7.91. The monoisotopic (exact) mass is 305 g/mol. The lowest BCUT2D eigenvalue weighted by Crippen LogP contribution is -2.34. The smallest absolute Gasteiger partial charge is 0.326 e. The van der Waals surface area contributed by atoms with Gasteiger partial charge in [-0.2, -0.15) is 0 Å². The molecule has 2 heterocycles. The standard InChI is InChI=1S/C10H15N3O4S2/c11-8(9(14)15)7-4-18-10(13-7)12-6-2-1-3-19(16,17)5-6/h4,6,8H,1-3,5,11H2,(H,12,13)(H,14,15). The third-order valence-corrected chi connectivity index (χ3v) is 5.51. The molecule has 0 radical (unpaired) electrons. The van der Waals surface area contributed by atoms with Crippen molar-refractivity contribution in [2.45, 2.75) is 24.9 Å². The summed E-state index contributed by atoms with van der Waals surface area (Å²) in [5.74, 6) is -0.817. The molecule has 7 nitrogen and oxygen atoms in total. The van der Waals surface area contributed by atoms with Gasteiger partial charge < -0.3 is 16.2 Å². The molecule has 2 atom stereocenters. The fraction of sp³-hybridized carbons (Fsp3) is 0.600. The third-order valence-electron chi connectivity index (χ3n) is 2.90.